The molecule has 3 aliphatic rings. The van der Waals surface area contributed by atoms with Crippen molar-refractivity contribution >= 4 is 38.4 Å². The van der Waals surface area contributed by atoms with Crippen molar-refractivity contribution < 1.29 is 26.8 Å². The summed E-state index contributed by atoms with van der Waals surface area (Å²) in [7, 11) is -3.56. The zero-order valence-electron chi connectivity index (χ0n) is 17.8. The maximum Gasteiger partial charge on any atom is 0.287 e. The van der Waals surface area contributed by atoms with E-state index in [9.17, 15) is 13.2 Å². The first-order valence-corrected chi connectivity index (χ1v) is 13.1. The molecule has 174 valence electrons. The van der Waals surface area contributed by atoms with Gasteiger partial charge in [0.15, 0.2) is 17.2 Å². The first kappa shape index (κ1) is 21.2. The standard InChI is InChI=1S/C23H23ClN2O6S/c24-15-1-2-18-17(5-15)26-22(32-18)14-6-23(7-14)8-16(9-23)25-21(27)19-3-4-20(31-19)33(28,29)12-13-10-30-11-13/h1-5,13-14,16H,6-12H2,(H,25,27). The van der Waals surface area contributed by atoms with Gasteiger partial charge in [-0.3, -0.25) is 4.79 Å². The average Bonchev–Trinajstić information content (AvgIpc) is 3.32. The van der Waals surface area contributed by atoms with Crippen LogP contribution in [0.3, 0.4) is 0 Å². The quantitative estimate of drug-likeness (QED) is 0.556. The summed E-state index contributed by atoms with van der Waals surface area (Å²) < 4.78 is 41.1. The first-order valence-electron chi connectivity index (χ1n) is 11.1. The minimum absolute atomic E-state index is 0.0117. The molecule has 1 saturated heterocycles. The highest BCUT2D eigenvalue weighted by Crippen LogP contribution is 2.61. The number of oxazole rings is 1. The van der Waals surface area contributed by atoms with E-state index in [-0.39, 0.29) is 45.8 Å². The molecule has 1 N–H and O–H groups in total. The van der Waals surface area contributed by atoms with Crippen LogP contribution in [-0.4, -0.2) is 44.3 Å². The number of furan rings is 1. The molecule has 0 radical (unpaired) electrons. The Morgan fingerprint density at radius 3 is 2.64 bits per heavy atom. The predicted octanol–water partition coefficient (Wildman–Crippen LogP) is 3.95. The normalized spacial score (nSPS) is 27.2. The topological polar surface area (TPSA) is 112 Å². The molecule has 2 aliphatic carbocycles. The van der Waals surface area contributed by atoms with Crippen LogP contribution >= 0.6 is 11.6 Å². The van der Waals surface area contributed by atoms with Gasteiger partial charge in [-0.15, -0.1) is 0 Å². The fourth-order valence-electron chi connectivity index (χ4n) is 5.31. The van der Waals surface area contributed by atoms with Crippen LogP contribution in [0.4, 0.5) is 0 Å². The Hall–Kier alpha value is -2.36. The van der Waals surface area contributed by atoms with E-state index in [4.69, 9.17) is 25.2 Å². The van der Waals surface area contributed by atoms with E-state index >= 15 is 0 Å². The molecule has 10 heteroatoms. The highest BCUT2D eigenvalue weighted by Gasteiger charge is 2.54. The van der Waals surface area contributed by atoms with Gasteiger partial charge in [0.05, 0.1) is 19.0 Å². The molecule has 1 aromatic carbocycles. The number of carbonyl (C=O) groups excluding carboxylic acids is 1. The molecule has 6 rings (SSSR count). The van der Waals surface area contributed by atoms with E-state index in [1.165, 1.54) is 12.1 Å². The summed E-state index contributed by atoms with van der Waals surface area (Å²) in [5, 5.41) is 3.44. The number of rotatable bonds is 6. The summed E-state index contributed by atoms with van der Waals surface area (Å²) in [6.45, 7) is 0.886. The van der Waals surface area contributed by atoms with Gasteiger partial charge in [-0.2, -0.15) is 0 Å². The Kier molecular flexibility index (Phi) is 4.87. The van der Waals surface area contributed by atoms with Gasteiger partial charge in [-0.1, -0.05) is 11.6 Å². The Bertz CT molecular complexity index is 1330. The summed E-state index contributed by atoms with van der Waals surface area (Å²) in [4.78, 5) is 17.1. The smallest absolute Gasteiger partial charge is 0.287 e. The predicted molar refractivity (Wildman–Crippen MR) is 119 cm³/mol. The lowest BCUT2D eigenvalue weighted by Crippen LogP contribution is -2.55. The van der Waals surface area contributed by atoms with Crippen molar-refractivity contribution in [1.29, 1.82) is 0 Å². The van der Waals surface area contributed by atoms with Gasteiger partial charge >= 0.3 is 0 Å². The van der Waals surface area contributed by atoms with E-state index in [0.29, 0.717) is 18.2 Å². The largest absolute Gasteiger partial charge is 0.440 e. The van der Waals surface area contributed by atoms with Crippen LogP contribution < -0.4 is 5.32 Å². The third kappa shape index (κ3) is 3.86. The lowest BCUT2D eigenvalue weighted by atomic mass is 9.50. The van der Waals surface area contributed by atoms with Crippen LogP contribution in [0.5, 0.6) is 0 Å². The van der Waals surface area contributed by atoms with Crippen molar-refractivity contribution in [2.45, 2.75) is 42.7 Å². The number of aromatic nitrogens is 1. The SMILES string of the molecule is O=C(NC1CC2(C1)CC(c1nc3cc(Cl)ccc3o1)C2)c1ccc(S(=O)(=O)CC2COC2)o1. The van der Waals surface area contributed by atoms with E-state index in [1.807, 2.05) is 6.07 Å². The number of halogens is 1. The third-order valence-electron chi connectivity index (χ3n) is 7.04. The van der Waals surface area contributed by atoms with Gasteiger partial charge in [0, 0.05) is 22.9 Å². The average molecular weight is 491 g/mol. The molecular formula is C23H23ClN2O6S. The lowest BCUT2D eigenvalue weighted by molar-refractivity contribution is -0.0256. The molecule has 2 saturated carbocycles. The first-order chi connectivity index (χ1) is 15.8. The molecule has 3 heterocycles. The van der Waals surface area contributed by atoms with Gasteiger partial charge in [0.2, 0.25) is 14.9 Å². The summed E-state index contributed by atoms with van der Waals surface area (Å²) in [5.41, 5.74) is 1.73. The monoisotopic (exact) mass is 490 g/mol. The number of nitrogens with zero attached hydrogens (tertiary/aromatic N) is 1. The Labute approximate surface area is 195 Å². The molecule has 2 aromatic heterocycles. The molecule has 0 atom stereocenters. The van der Waals surface area contributed by atoms with Gasteiger partial charge in [-0.05, 0) is 61.4 Å². The zero-order chi connectivity index (χ0) is 22.8. The molecule has 8 nitrogen and oxygen atoms in total. The summed E-state index contributed by atoms with van der Waals surface area (Å²) in [5.74, 6) is 0.643. The Morgan fingerprint density at radius 1 is 1.12 bits per heavy atom. The molecule has 1 spiro atoms. The van der Waals surface area contributed by atoms with Crippen LogP contribution in [0.1, 0.15) is 48.0 Å². The van der Waals surface area contributed by atoms with Gasteiger partial charge < -0.3 is 18.9 Å². The fraction of sp³-hybridized carbons (Fsp3) is 0.478. The van der Waals surface area contributed by atoms with Crippen LogP contribution in [0.15, 0.2) is 44.3 Å². The van der Waals surface area contributed by atoms with Crippen LogP contribution in [-0.2, 0) is 14.6 Å². The molecule has 3 fully saturated rings. The highest BCUT2D eigenvalue weighted by atomic mass is 35.5. The number of ether oxygens (including phenoxy) is 1. The second kappa shape index (κ2) is 7.58. The number of amides is 1. The Morgan fingerprint density at radius 2 is 1.91 bits per heavy atom. The van der Waals surface area contributed by atoms with Crippen molar-refractivity contribution in [3.05, 3.63) is 47.0 Å². The van der Waals surface area contributed by atoms with Crippen molar-refractivity contribution in [2.24, 2.45) is 11.3 Å². The minimum Gasteiger partial charge on any atom is -0.440 e. The summed E-state index contributed by atoms with van der Waals surface area (Å²) >= 11 is 6.03. The van der Waals surface area contributed by atoms with Gasteiger partial charge in [-0.25, -0.2) is 13.4 Å². The molecule has 3 aromatic rings. The van der Waals surface area contributed by atoms with E-state index < -0.39 is 9.84 Å². The van der Waals surface area contributed by atoms with Crippen molar-refractivity contribution in [3.63, 3.8) is 0 Å². The number of fused-ring (bicyclic) bond motifs is 1. The molecular weight excluding hydrogens is 468 g/mol. The van der Waals surface area contributed by atoms with Crippen LogP contribution in [0.25, 0.3) is 11.1 Å². The number of nitrogens with one attached hydrogen (secondary N) is 1. The van der Waals surface area contributed by atoms with Crippen LogP contribution in [0.2, 0.25) is 5.02 Å². The van der Waals surface area contributed by atoms with Crippen molar-refractivity contribution in [1.82, 2.24) is 10.3 Å². The zero-order valence-corrected chi connectivity index (χ0v) is 19.3. The molecule has 1 aliphatic heterocycles. The second-order valence-corrected chi connectivity index (χ2v) is 12.1. The number of sulfone groups is 1. The lowest BCUT2D eigenvalue weighted by Gasteiger charge is -2.57. The molecule has 0 bridgehead atoms. The minimum atomic E-state index is -3.56. The molecule has 1 amide bonds. The fourth-order valence-corrected chi connectivity index (χ4v) is 6.95. The number of benzene rings is 1. The van der Waals surface area contributed by atoms with Crippen molar-refractivity contribution in [3.8, 4) is 0 Å². The van der Waals surface area contributed by atoms with Gasteiger partial charge in [0.25, 0.3) is 5.91 Å². The summed E-state index contributed by atoms with van der Waals surface area (Å²) in [6.07, 6.45) is 3.73. The van der Waals surface area contributed by atoms with Gasteiger partial charge in [0.1, 0.15) is 5.52 Å². The summed E-state index contributed by atoms with van der Waals surface area (Å²) in [6, 6.07) is 8.27. The van der Waals surface area contributed by atoms with E-state index in [0.717, 1.165) is 42.7 Å². The maximum absolute atomic E-state index is 12.6. The Balaban J connectivity index is 1.02. The number of carbonyl (C=O) groups is 1. The molecule has 0 unspecified atom stereocenters. The maximum atomic E-state index is 12.6. The molecule has 33 heavy (non-hydrogen) atoms. The van der Waals surface area contributed by atoms with Crippen LogP contribution in [0, 0.1) is 11.3 Å². The van der Waals surface area contributed by atoms with Crippen molar-refractivity contribution in [2.75, 3.05) is 19.0 Å². The number of hydrogen-bond acceptors (Lipinski definition) is 7. The number of hydrogen-bond donors (Lipinski definition) is 1. The second-order valence-electron chi connectivity index (χ2n) is 9.65. The third-order valence-corrected chi connectivity index (χ3v) is 9.02. The highest BCUT2D eigenvalue weighted by molar-refractivity contribution is 7.91. The van der Waals surface area contributed by atoms with E-state index in [1.54, 1.807) is 12.1 Å². The van der Waals surface area contributed by atoms with E-state index in [2.05, 4.69) is 10.3 Å².